The van der Waals surface area contributed by atoms with Crippen LogP contribution in [0.3, 0.4) is 0 Å². The summed E-state index contributed by atoms with van der Waals surface area (Å²) in [5, 5.41) is 10.4. The van der Waals surface area contributed by atoms with Gasteiger partial charge >= 0.3 is 6.18 Å². The van der Waals surface area contributed by atoms with Gasteiger partial charge in [0.15, 0.2) is 0 Å². The lowest BCUT2D eigenvalue weighted by Gasteiger charge is -2.35. The quantitative estimate of drug-likeness (QED) is 0.592. The van der Waals surface area contributed by atoms with Gasteiger partial charge in [-0.05, 0) is 25.5 Å². The van der Waals surface area contributed by atoms with Crippen molar-refractivity contribution in [3.8, 4) is 0 Å². The van der Waals surface area contributed by atoms with E-state index in [4.69, 9.17) is 4.42 Å². The van der Waals surface area contributed by atoms with Crippen molar-refractivity contribution in [1.82, 2.24) is 14.8 Å². The van der Waals surface area contributed by atoms with Crippen LogP contribution in [-0.4, -0.2) is 33.8 Å². The third kappa shape index (κ3) is 4.27. The fourth-order valence-electron chi connectivity index (χ4n) is 3.74. The molecule has 0 saturated carbocycles. The summed E-state index contributed by atoms with van der Waals surface area (Å²) < 4.78 is 44.4. The largest absolute Gasteiger partial charge is 0.455 e. The van der Waals surface area contributed by atoms with Gasteiger partial charge < -0.3 is 20.0 Å². The highest BCUT2D eigenvalue weighted by Gasteiger charge is 2.34. The molecule has 1 amide bonds. The van der Waals surface area contributed by atoms with Gasteiger partial charge in [0.1, 0.15) is 17.6 Å². The number of fused-ring (bicyclic) bond motifs is 1. The number of alkyl halides is 3. The summed E-state index contributed by atoms with van der Waals surface area (Å²) in [5.74, 6) is -0.253. The molecule has 3 aromatic rings. The average molecular weight is 448 g/mol. The number of amides is 1. The number of aryl methyl sites for hydroxylation is 1. The van der Waals surface area contributed by atoms with Gasteiger partial charge in [0.25, 0.3) is 0 Å². The van der Waals surface area contributed by atoms with Crippen molar-refractivity contribution in [2.24, 2.45) is 0 Å². The van der Waals surface area contributed by atoms with E-state index in [9.17, 15) is 18.0 Å². The fourth-order valence-corrected chi connectivity index (χ4v) is 3.74. The molecule has 0 fully saturated rings. The van der Waals surface area contributed by atoms with Gasteiger partial charge in [0.05, 0.1) is 29.8 Å². The molecular formula is C21H23F3N6O2. The highest BCUT2D eigenvalue weighted by molar-refractivity contribution is 6.04. The Morgan fingerprint density at radius 1 is 1.31 bits per heavy atom. The molecule has 0 spiro atoms. The van der Waals surface area contributed by atoms with Gasteiger partial charge in [-0.15, -0.1) is 0 Å². The van der Waals surface area contributed by atoms with Gasteiger partial charge in [-0.1, -0.05) is 6.92 Å². The number of carbonyl (C=O) groups excluding carboxylic acids is 1. The predicted molar refractivity (Wildman–Crippen MR) is 112 cm³/mol. The minimum atomic E-state index is -4.51. The Kier molecular flexibility index (Phi) is 5.57. The topological polar surface area (TPSA) is 88.2 Å². The smallest absolute Gasteiger partial charge is 0.449 e. The van der Waals surface area contributed by atoms with Gasteiger partial charge in [-0.3, -0.25) is 9.48 Å². The molecule has 170 valence electrons. The maximum absolute atomic E-state index is 12.7. The molecule has 4 heterocycles. The number of nitrogens with one attached hydrogen (secondary N) is 2. The van der Waals surface area contributed by atoms with Crippen LogP contribution >= 0.6 is 0 Å². The number of anilines is 3. The van der Waals surface area contributed by atoms with Gasteiger partial charge in [0.2, 0.25) is 11.7 Å². The number of likely N-dealkylation sites (N-methyl/N-ethyl adjacent to an activating group) is 1. The van der Waals surface area contributed by atoms with Crippen molar-refractivity contribution in [3.05, 3.63) is 53.4 Å². The number of pyridine rings is 1. The van der Waals surface area contributed by atoms with E-state index < -0.39 is 11.9 Å². The first-order chi connectivity index (χ1) is 15.2. The predicted octanol–water partition coefficient (Wildman–Crippen LogP) is 4.03. The van der Waals surface area contributed by atoms with Gasteiger partial charge in [-0.25, -0.2) is 4.98 Å². The Morgan fingerprint density at radius 2 is 2.09 bits per heavy atom. The van der Waals surface area contributed by atoms with Gasteiger partial charge in [0, 0.05) is 31.4 Å². The summed E-state index contributed by atoms with van der Waals surface area (Å²) in [4.78, 5) is 18.7. The third-order valence-electron chi connectivity index (χ3n) is 5.38. The Hall–Kier alpha value is -3.50. The number of rotatable bonds is 6. The van der Waals surface area contributed by atoms with Crippen LogP contribution in [-0.2, 0) is 24.1 Å². The number of carbonyl (C=O) groups is 1. The highest BCUT2D eigenvalue weighted by atomic mass is 19.4. The van der Waals surface area contributed by atoms with E-state index in [0.29, 0.717) is 30.2 Å². The third-order valence-corrected chi connectivity index (χ3v) is 5.38. The molecule has 4 rings (SSSR count). The van der Waals surface area contributed by atoms with Crippen LogP contribution < -0.4 is 15.5 Å². The van der Waals surface area contributed by atoms with E-state index in [1.807, 2.05) is 31.9 Å². The molecule has 8 nitrogen and oxygen atoms in total. The van der Waals surface area contributed by atoms with Crippen LogP contribution in [0.4, 0.5) is 30.4 Å². The van der Waals surface area contributed by atoms with Crippen molar-refractivity contribution in [1.29, 1.82) is 0 Å². The number of halogens is 3. The molecule has 11 heteroatoms. The summed E-state index contributed by atoms with van der Waals surface area (Å²) in [6.07, 6.45) is -0.463. The Balaban J connectivity index is 1.43. The first kappa shape index (κ1) is 21.7. The maximum atomic E-state index is 12.7. The summed E-state index contributed by atoms with van der Waals surface area (Å²) in [5.41, 5.74) is 3.13. The SMILES string of the molecule is CC[C@H]1C(=O)Nc2c(cc(NCc3cnn(Cc4ccc(C(F)(F)F)o4)c3)nc2C)N1C. The van der Waals surface area contributed by atoms with Crippen molar-refractivity contribution in [2.75, 3.05) is 22.6 Å². The molecule has 1 atom stereocenters. The van der Waals surface area contributed by atoms with Crippen molar-refractivity contribution >= 4 is 23.1 Å². The van der Waals surface area contributed by atoms with E-state index >= 15 is 0 Å². The summed E-state index contributed by atoms with van der Waals surface area (Å²) in [6, 6.07) is 3.85. The molecule has 0 saturated heterocycles. The van der Waals surface area contributed by atoms with Crippen molar-refractivity contribution < 1.29 is 22.4 Å². The number of aromatic nitrogens is 3. The first-order valence-corrected chi connectivity index (χ1v) is 10.1. The van der Waals surface area contributed by atoms with E-state index in [2.05, 4.69) is 20.7 Å². The maximum Gasteiger partial charge on any atom is 0.449 e. The summed E-state index contributed by atoms with van der Waals surface area (Å²) in [7, 11) is 1.89. The fraction of sp³-hybridized carbons (Fsp3) is 0.381. The second-order valence-electron chi connectivity index (χ2n) is 7.67. The summed E-state index contributed by atoms with van der Waals surface area (Å²) >= 11 is 0. The normalized spacial score (nSPS) is 16.1. The zero-order valence-corrected chi connectivity index (χ0v) is 17.8. The molecule has 32 heavy (non-hydrogen) atoms. The Morgan fingerprint density at radius 3 is 2.78 bits per heavy atom. The molecule has 0 unspecified atom stereocenters. The van der Waals surface area contributed by atoms with Crippen LogP contribution in [0.5, 0.6) is 0 Å². The number of hydrogen-bond acceptors (Lipinski definition) is 6. The molecule has 1 aliphatic heterocycles. The van der Waals surface area contributed by atoms with Crippen molar-refractivity contribution in [2.45, 2.75) is 45.6 Å². The zero-order chi connectivity index (χ0) is 23.0. The highest BCUT2D eigenvalue weighted by Crippen LogP contribution is 2.35. The minimum absolute atomic E-state index is 0.0422. The lowest BCUT2D eigenvalue weighted by Crippen LogP contribution is -2.45. The average Bonchev–Trinajstić information content (AvgIpc) is 3.37. The van der Waals surface area contributed by atoms with Crippen LogP contribution in [0.2, 0.25) is 0 Å². The van der Waals surface area contributed by atoms with E-state index in [1.165, 1.54) is 10.7 Å². The Labute approximate surface area is 182 Å². The molecule has 0 bridgehead atoms. The van der Waals surface area contributed by atoms with E-state index in [-0.39, 0.29) is 24.3 Å². The van der Waals surface area contributed by atoms with Crippen LogP contribution in [0.15, 0.2) is 35.0 Å². The van der Waals surface area contributed by atoms with Crippen LogP contribution in [0.25, 0.3) is 0 Å². The number of furan rings is 1. The van der Waals surface area contributed by atoms with Crippen LogP contribution in [0.1, 0.15) is 36.1 Å². The Bertz CT molecular complexity index is 1140. The molecule has 3 aromatic heterocycles. The monoisotopic (exact) mass is 448 g/mol. The lowest BCUT2D eigenvalue weighted by atomic mass is 10.1. The van der Waals surface area contributed by atoms with Gasteiger partial charge in [-0.2, -0.15) is 18.3 Å². The standard InChI is InChI=1S/C21H23F3N6O2/c1-4-15-20(31)28-19-12(2)27-18(7-16(19)29(15)3)25-8-13-9-26-30(10-13)11-14-5-6-17(32-14)21(22,23)24/h5-7,9-10,15H,4,8,11H2,1-3H3,(H,25,27)(H,28,31)/t15-/m0/s1. The first-order valence-electron chi connectivity index (χ1n) is 10.1. The van der Waals surface area contributed by atoms with E-state index in [1.54, 1.807) is 12.4 Å². The molecule has 0 aromatic carbocycles. The number of nitrogens with zero attached hydrogens (tertiary/aromatic N) is 4. The second kappa shape index (κ2) is 8.21. The minimum Gasteiger partial charge on any atom is -0.455 e. The second-order valence-corrected chi connectivity index (χ2v) is 7.67. The summed E-state index contributed by atoms with van der Waals surface area (Å²) in [6.45, 7) is 4.31. The molecule has 0 aliphatic carbocycles. The molecule has 1 aliphatic rings. The molecule has 2 N–H and O–H groups in total. The molecule has 0 radical (unpaired) electrons. The van der Waals surface area contributed by atoms with Crippen LogP contribution in [0, 0.1) is 6.92 Å². The number of hydrogen-bond donors (Lipinski definition) is 2. The van der Waals surface area contributed by atoms with E-state index in [0.717, 1.165) is 17.3 Å². The zero-order valence-electron chi connectivity index (χ0n) is 17.8. The lowest BCUT2D eigenvalue weighted by molar-refractivity contribution is -0.153. The van der Waals surface area contributed by atoms with Crippen molar-refractivity contribution in [3.63, 3.8) is 0 Å². The molecular weight excluding hydrogens is 425 g/mol.